The standard InChI is InChI=1S/C51H33N5.C49H32N6/c1-4-15-35(16-5-1)49-52-50(36-17-6-2-7-18-36)54-51(53-49)37-29-27-34(28-30-37)40-23-14-26-47-48(40)43-33-39(31-32-46(43)55(47)38-19-8-3-9-20-38)56-44-24-12-10-21-41(44)42-22-11-13-25-45(42)56;1-6-17-33(18-7-1)38-29-30-43-40(31-38)45-39(48-53-46(36-23-12-4-13-24-36)52-47(54-48)37-25-14-5-15-26-37)27-16-28-44(45)55(43)49-50-41(34-19-8-2-9-20-34)32-42(51-49)35-21-10-3-11-22-35/h1-33H;1-32H. The number of nitrogens with zero attached hydrogens (tertiary/aromatic N) is 11. The van der Waals surface area contributed by atoms with Crippen molar-refractivity contribution in [3.05, 3.63) is 394 Å². The van der Waals surface area contributed by atoms with Crippen molar-refractivity contribution in [3.8, 4) is 130 Å². The van der Waals surface area contributed by atoms with Crippen molar-refractivity contribution in [2.24, 2.45) is 0 Å². The minimum absolute atomic E-state index is 0.579. The van der Waals surface area contributed by atoms with E-state index in [0.717, 1.165) is 117 Å². The lowest BCUT2D eigenvalue weighted by atomic mass is 9.98. The fraction of sp³-hybridized carbons (Fsp3) is 0. The van der Waals surface area contributed by atoms with Gasteiger partial charge in [-0.1, -0.05) is 322 Å². The third kappa shape index (κ3) is 12.2. The van der Waals surface area contributed by atoms with Crippen molar-refractivity contribution >= 4 is 65.4 Å². The first-order valence-corrected chi connectivity index (χ1v) is 37.1. The number of hydrogen-bond acceptors (Lipinski definition) is 8. The molecule has 6 aromatic heterocycles. The van der Waals surface area contributed by atoms with E-state index in [1.54, 1.807) is 0 Å². The monoisotopic (exact) mass is 1420 g/mol. The van der Waals surface area contributed by atoms with Crippen molar-refractivity contribution in [1.82, 2.24) is 53.6 Å². The molecule has 0 atom stereocenters. The van der Waals surface area contributed by atoms with Crippen molar-refractivity contribution < 1.29 is 0 Å². The van der Waals surface area contributed by atoms with Gasteiger partial charge in [0.2, 0.25) is 5.95 Å². The summed E-state index contributed by atoms with van der Waals surface area (Å²) in [5, 5.41) is 6.96. The van der Waals surface area contributed by atoms with Gasteiger partial charge in [-0.25, -0.2) is 39.9 Å². The Labute approximate surface area is 639 Å². The van der Waals surface area contributed by atoms with Gasteiger partial charge < -0.3 is 9.13 Å². The van der Waals surface area contributed by atoms with E-state index >= 15 is 0 Å². The van der Waals surface area contributed by atoms with Crippen LogP contribution in [0.1, 0.15) is 0 Å². The zero-order chi connectivity index (χ0) is 73.6. The third-order valence-electron chi connectivity index (χ3n) is 20.7. The van der Waals surface area contributed by atoms with E-state index in [-0.39, 0.29) is 0 Å². The van der Waals surface area contributed by atoms with Crippen LogP contribution in [0.4, 0.5) is 0 Å². The van der Waals surface area contributed by atoms with Gasteiger partial charge >= 0.3 is 0 Å². The highest BCUT2D eigenvalue weighted by Crippen LogP contribution is 2.44. The Morgan fingerprint density at radius 2 is 0.486 bits per heavy atom. The lowest BCUT2D eigenvalue weighted by molar-refractivity contribution is 0.995. The maximum absolute atomic E-state index is 5.27. The molecule has 0 aliphatic heterocycles. The third-order valence-corrected chi connectivity index (χ3v) is 20.7. The molecule has 520 valence electrons. The summed E-state index contributed by atoms with van der Waals surface area (Å²) in [6.45, 7) is 0. The van der Waals surface area contributed by atoms with Crippen LogP contribution >= 0.6 is 0 Å². The van der Waals surface area contributed by atoms with Gasteiger partial charge in [-0.15, -0.1) is 0 Å². The van der Waals surface area contributed by atoms with Crippen LogP contribution < -0.4 is 0 Å². The van der Waals surface area contributed by atoms with E-state index in [1.165, 1.54) is 38.1 Å². The Morgan fingerprint density at radius 1 is 0.162 bits per heavy atom. The minimum Gasteiger partial charge on any atom is -0.309 e. The quantitative estimate of drug-likeness (QED) is 0.112. The van der Waals surface area contributed by atoms with Gasteiger partial charge in [-0.3, -0.25) is 4.57 Å². The molecule has 15 aromatic carbocycles. The minimum atomic E-state index is 0.579. The summed E-state index contributed by atoms with van der Waals surface area (Å²) in [4.78, 5) is 40.7. The van der Waals surface area contributed by atoms with Crippen LogP contribution in [-0.4, -0.2) is 53.6 Å². The molecule has 6 heterocycles. The molecule has 0 N–H and O–H groups in total. The molecule has 0 aliphatic carbocycles. The van der Waals surface area contributed by atoms with Crippen LogP contribution in [0, 0.1) is 0 Å². The van der Waals surface area contributed by atoms with Gasteiger partial charge in [0.25, 0.3) is 0 Å². The molecule has 21 aromatic rings. The number of rotatable bonds is 13. The fourth-order valence-electron chi connectivity index (χ4n) is 15.5. The molecule has 0 aliphatic rings. The summed E-state index contributed by atoms with van der Waals surface area (Å²) in [7, 11) is 0. The molecule has 11 nitrogen and oxygen atoms in total. The van der Waals surface area contributed by atoms with Crippen molar-refractivity contribution in [1.29, 1.82) is 0 Å². The van der Waals surface area contributed by atoms with Gasteiger partial charge in [0.15, 0.2) is 34.9 Å². The molecule has 0 saturated carbocycles. The largest absolute Gasteiger partial charge is 0.309 e. The van der Waals surface area contributed by atoms with Gasteiger partial charge in [-0.05, 0) is 95.1 Å². The molecule has 0 spiro atoms. The number of para-hydroxylation sites is 3. The smallest absolute Gasteiger partial charge is 0.235 e. The van der Waals surface area contributed by atoms with E-state index in [1.807, 2.05) is 164 Å². The van der Waals surface area contributed by atoms with Crippen molar-refractivity contribution in [2.75, 3.05) is 0 Å². The topological polar surface area (TPSA) is 118 Å². The fourth-order valence-corrected chi connectivity index (χ4v) is 15.5. The molecule has 0 fully saturated rings. The van der Waals surface area contributed by atoms with Crippen molar-refractivity contribution in [2.45, 2.75) is 0 Å². The summed E-state index contributed by atoms with van der Waals surface area (Å²) in [6.07, 6.45) is 0. The Morgan fingerprint density at radius 3 is 0.973 bits per heavy atom. The Kier molecular flexibility index (Phi) is 16.6. The summed E-state index contributed by atoms with van der Waals surface area (Å²) < 4.78 is 6.97. The second kappa shape index (κ2) is 28.3. The second-order valence-corrected chi connectivity index (χ2v) is 27.4. The summed E-state index contributed by atoms with van der Waals surface area (Å²) in [5.41, 5.74) is 22.7. The Bertz CT molecular complexity index is 6790. The molecule has 11 heteroatoms. The highest BCUT2D eigenvalue weighted by Gasteiger charge is 2.25. The normalized spacial score (nSPS) is 11.4. The molecule has 21 rings (SSSR count). The van der Waals surface area contributed by atoms with Crippen LogP contribution in [0.15, 0.2) is 394 Å². The summed E-state index contributed by atoms with van der Waals surface area (Å²) in [6, 6.07) is 137. The first kappa shape index (κ1) is 65.3. The van der Waals surface area contributed by atoms with E-state index in [9.17, 15) is 0 Å². The number of hydrogen-bond donors (Lipinski definition) is 0. The summed E-state index contributed by atoms with van der Waals surface area (Å²) >= 11 is 0. The van der Waals surface area contributed by atoms with E-state index in [0.29, 0.717) is 40.9 Å². The average Bonchev–Trinajstić information content (AvgIpc) is 1.57. The van der Waals surface area contributed by atoms with Crippen LogP contribution in [0.3, 0.4) is 0 Å². The van der Waals surface area contributed by atoms with Gasteiger partial charge in [0.05, 0.1) is 44.5 Å². The lowest BCUT2D eigenvalue weighted by Gasteiger charge is -2.12. The Balaban J connectivity index is 0.000000145. The highest BCUT2D eigenvalue weighted by atomic mass is 15.2. The van der Waals surface area contributed by atoms with E-state index in [4.69, 9.17) is 39.9 Å². The van der Waals surface area contributed by atoms with Crippen LogP contribution in [-0.2, 0) is 0 Å². The van der Waals surface area contributed by atoms with Crippen LogP contribution in [0.25, 0.3) is 196 Å². The first-order chi connectivity index (χ1) is 55.0. The Hall–Kier alpha value is -15.2. The molecule has 0 amide bonds. The maximum atomic E-state index is 5.27. The van der Waals surface area contributed by atoms with Gasteiger partial charge in [0.1, 0.15) is 0 Å². The zero-order valence-electron chi connectivity index (χ0n) is 59.9. The van der Waals surface area contributed by atoms with E-state index < -0.39 is 0 Å². The van der Waals surface area contributed by atoms with Crippen LogP contribution in [0.2, 0.25) is 0 Å². The second-order valence-electron chi connectivity index (χ2n) is 27.4. The van der Waals surface area contributed by atoms with E-state index in [2.05, 4.69) is 244 Å². The van der Waals surface area contributed by atoms with Gasteiger partial charge in [0, 0.05) is 88.2 Å². The number of fused-ring (bicyclic) bond motifs is 9. The zero-order valence-corrected chi connectivity index (χ0v) is 59.9. The van der Waals surface area contributed by atoms with Gasteiger partial charge in [-0.2, -0.15) is 0 Å². The molecule has 0 bridgehead atoms. The lowest BCUT2D eigenvalue weighted by Crippen LogP contribution is -2.04. The SMILES string of the molecule is c1ccc(-c2ccc3c(c2)c2c(-c4nc(-c5ccccc5)nc(-c5ccccc5)n4)cccc2n3-c2nc(-c3ccccc3)cc(-c3ccccc3)n2)cc1.c1ccc(-c2nc(-c3ccccc3)nc(-c3ccc(-c4cccc5c4c4cc(-n6c7ccccc7c7ccccc76)ccc4n5-c4ccccc4)cc3)n2)cc1. The van der Waals surface area contributed by atoms with Crippen molar-refractivity contribution in [3.63, 3.8) is 0 Å². The average molecular weight is 1420 g/mol. The molecule has 0 radical (unpaired) electrons. The molecule has 0 saturated heterocycles. The molecular weight excluding hydrogens is 1360 g/mol. The highest BCUT2D eigenvalue weighted by molar-refractivity contribution is 6.18. The predicted molar refractivity (Wildman–Crippen MR) is 453 cm³/mol. The maximum Gasteiger partial charge on any atom is 0.235 e. The molecular formula is C100H65N11. The molecule has 0 unspecified atom stereocenters. The first-order valence-electron chi connectivity index (χ1n) is 37.1. The predicted octanol–water partition coefficient (Wildman–Crippen LogP) is 24.5. The van der Waals surface area contributed by atoms with Crippen LogP contribution in [0.5, 0.6) is 0 Å². The number of aromatic nitrogens is 11. The molecule has 111 heavy (non-hydrogen) atoms. The summed E-state index contributed by atoms with van der Waals surface area (Å²) in [5.74, 6) is 4.33. The number of benzene rings is 15.